The van der Waals surface area contributed by atoms with Crippen LogP contribution in [0.1, 0.15) is 21.5 Å². The molecule has 0 unspecified atom stereocenters. The summed E-state index contributed by atoms with van der Waals surface area (Å²) in [5.41, 5.74) is 2.82. The van der Waals surface area contributed by atoms with Crippen LogP contribution in [0.3, 0.4) is 0 Å². The number of hydrogen-bond acceptors (Lipinski definition) is 4. The highest BCUT2D eigenvalue weighted by Crippen LogP contribution is 2.28. The molecular formula is C21H26N2O3. The summed E-state index contributed by atoms with van der Waals surface area (Å²) < 4.78 is 10.8. The molecular weight excluding hydrogens is 328 g/mol. The maximum Gasteiger partial charge on any atom is 0.251 e. The molecule has 0 fully saturated rings. The lowest BCUT2D eigenvalue weighted by atomic mass is 10.1. The lowest BCUT2D eigenvalue weighted by Crippen LogP contribution is -2.22. The SMILES string of the molecule is C=CCOc1ccc(C(=O)NCc2ccc(CN(C)C)cc2)cc1OC. The summed E-state index contributed by atoms with van der Waals surface area (Å²) in [6.07, 6.45) is 1.66. The third-order valence-corrected chi connectivity index (χ3v) is 3.76. The van der Waals surface area contributed by atoms with Gasteiger partial charge in [0.15, 0.2) is 11.5 Å². The minimum atomic E-state index is -0.157. The van der Waals surface area contributed by atoms with E-state index in [1.165, 1.54) is 5.56 Å². The van der Waals surface area contributed by atoms with Crippen LogP contribution < -0.4 is 14.8 Å². The van der Waals surface area contributed by atoms with Gasteiger partial charge in [-0.05, 0) is 43.4 Å². The van der Waals surface area contributed by atoms with Gasteiger partial charge in [0.05, 0.1) is 7.11 Å². The Kier molecular flexibility index (Phi) is 7.24. The van der Waals surface area contributed by atoms with E-state index in [1.807, 2.05) is 26.2 Å². The number of carbonyl (C=O) groups is 1. The predicted octanol–water partition coefficient (Wildman–Crippen LogP) is 3.25. The van der Waals surface area contributed by atoms with E-state index in [0.29, 0.717) is 30.2 Å². The topological polar surface area (TPSA) is 50.8 Å². The first-order valence-electron chi connectivity index (χ1n) is 8.46. The molecule has 0 aliphatic rings. The number of benzene rings is 2. The van der Waals surface area contributed by atoms with E-state index in [1.54, 1.807) is 31.4 Å². The fourth-order valence-corrected chi connectivity index (χ4v) is 2.49. The molecule has 5 heteroatoms. The van der Waals surface area contributed by atoms with Crippen LogP contribution in [0.15, 0.2) is 55.1 Å². The van der Waals surface area contributed by atoms with E-state index in [0.717, 1.165) is 12.1 Å². The minimum Gasteiger partial charge on any atom is -0.493 e. The summed E-state index contributed by atoms with van der Waals surface area (Å²) in [6, 6.07) is 13.3. The zero-order chi connectivity index (χ0) is 18.9. The Morgan fingerprint density at radius 3 is 2.42 bits per heavy atom. The highest BCUT2D eigenvalue weighted by Gasteiger charge is 2.11. The summed E-state index contributed by atoms with van der Waals surface area (Å²) in [7, 11) is 5.62. The van der Waals surface area contributed by atoms with Crippen LogP contribution in [0.4, 0.5) is 0 Å². The molecule has 5 nitrogen and oxygen atoms in total. The third-order valence-electron chi connectivity index (χ3n) is 3.76. The van der Waals surface area contributed by atoms with E-state index < -0.39 is 0 Å². The maximum atomic E-state index is 12.4. The number of nitrogens with one attached hydrogen (secondary N) is 1. The Morgan fingerprint density at radius 2 is 1.81 bits per heavy atom. The highest BCUT2D eigenvalue weighted by atomic mass is 16.5. The molecule has 0 aromatic heterocycles. The minimum absolute atomic E-state index is 0.157. The van der Waals surface area contributed by atoms with Gasteiger partial charge in [0.2, 0.25) is 0 Å². The molecule has 0 aliphatic carbocycles. The summed E-state index contributed by atoms with van der Waals surface area (Å²) in [5.74, 6) is 0.948. The molecule has 2 aromatic rings. The van der Waals surface area contributed by atoms with Crippen molar-refractivity contribution in [3.63, 3.8) is 0 Å². The number of amides is 1. The van der Waals surface area contributed by atoms with Crippen molar-refractivity contribution in [1.29, 1.82) is 0 Å². The van der Waals surface area contributed by atoms with Crippen LogP contribution in [0, 0.1) is 0 Å². The normalized spacial score (nSPS) is 10.5. The van der Waals surface area contributed by atoms with Crippen LogP contribution in [0.25, 0.3) is 0 Å². The Hall–Kier alpha value is -2.79. The average Bonchev–Trinajstić information content (AvgIpc) is 2.65. The zero-order valence-electron chi connectivity index (χ0n) is 15.6. The number of rotatable bonds is 9. The first-order valence-corrected chi connectivity index (χ1v) is 8.46. The van der Waals surface area contributed by atoms with E-state index in [9.17, 15) is 4.79 Å². The van der Waals surface area contributed by atoms with Crippen molar-refractivity contribution in [2.45, 2.75) is 13.1 Å². The van der Waals surface area contributed by atoms with E-state index in [4.69, 9.17) is 9.47 Å². The van der Waals surface area contributed by atoms with Gasteiger partial charge in [-0.2, -0.15) is 0 Å². The first-order chi connectivity index (χ1) is 12.5. The number of carbonyl (C=O) groups excluding carboxylic acids is 1. The molecule has 0 aliphatic heterocycles. The Balaban J connectivity index is 1.97. The fraction of sp³-hybridized carbons (Fsp3) is 0.286. The van der Waals surface area contributed by atoms with E-state index in [2.05, 4.69) is 28.9 Å². The molecule has 0 saturated heterocycles. The summed E-state index contributed by atoms with van der Waals surface area (Å²) in [6.45, 7) is 5.36. The lowest BCUT2D eigenvalue weighted by Gasteiger charge is -2.12. The van der Waals surface area contributed by atoms with Crippen molar-refractivity contribution in [1.82, 2.24) is 10.2 Å². The van der Waals surface area contributed by atoms with Gasteiger partial charge in [0, 0.05) is 18.7 Å². The second kappa shape index (κ2) is 9.63. The van der Waals surface area contributed by atoms with Gasteiger partial charge in [-0.1, -0.05) is 36.9 Å². The van der Waals surface area contributed by atoms with Gasteiger partial charge >= 0.3 is 0 Å². The summed E-state index contributed by atoms with van der Waals surface area (Å²) >= 11 is 0. The maximum absolute atomic E-state index is 12.4. The lowest BCUT2D eigenvalue weighted by molar-refractivity contribution is 0.0950. The quantitative estimate of drug-likeness (QED) is 0.703. The van der Waals surface area contributed by atoms with Gasteiger partial charge in [0.1, 0.15) is 6.61 Å². The van der Waals surface area contributed by atoms with Crippen molar-refractivity contribution in [2.75, 3.05) is 27.8 Å². The Bertz CT molecular complexity index is 739. The molecule has 26 heavy (non-hydrogen) atoms. The first kappa shape index (κ1) is 19.5. The second-order valence-corrected chi connectivity index (χ2v) is 6.20. The second-order valence-electron chi connectivity index (χ2n) is 6.20. The molecule has 0 spiro atoms. The standard InChI is InChI=1S/C21H26N2O3/c1-5-12-26-19-11-10-18(13-20(19)25-4)21(24)22-14-16-6-8-17(9-7-16)15-23(2)3/h5-11,13H,1,12,14-15H2,2-4H3,(H,22,24). The third kappa shape index (κ3) is 5.63. The van der Waals surface area contributed by atoms with Crippen molar-refractivity contribution >= 4 is 5.91 Å². The number of nitrogens with zero attached hydrogens (tertiary/aromatic N) is 1. The molecule has 2 rings (SSSR count). The fourth-order valence-electron chi connectivity index (χ4n) is 2.49. The molecule has 1 N–H and O–H groups in total. The molecule has 1 amide bonds. The molecule has 2 aromatic carbocycles. The molecule has 0 saturated carbocycles. The predicted molar refractivity (Wildman–Crippen MR) is 104 cm³/mol. The number of methoxy groups -OCH3 is 1. The van der Waals surface area contributed by atoms with Crippen LogP contribution in [-0.2, 0) is 13.1 Å². The summed E-state index contributed by atoms with van der Waals surface area (Å²) in [5, 5.41) is 2.93. The van der Waals surface area contributed by atoms with Gasteiger partial charge < -0.3 is 19.7 Å². The van der Waals surface area contributed by atoms with Crippen molar-refractivity contribution in [3.8, 4) is 11.5 Å². The van der Waals surface area contributed by atoms with Gasteiger partial charge in [-0.15, -0.1) is 0 Å². The van der Waals surface area contributed by atoms with Gasteiger partial charge in [-0.3, -0.25) is 4.79 Å². The molecule has 0 heterocycles. The van der Waals surface area contributed by atoms with E-state index >= 15 is 0 Å². The smallest absolute Gasteiger partial charge is 0.251 e. The van der Waals surface area contributed by atoms with Gasteiger partial charge in [0.25, 0.3) is 5.91 Å². The molecule has 0 atom stereocenters. The molecule has 0 radical (unpaired) electrons. The van der Waals surface area contributed by atoms with Crippen molar-refractivity contribution in [2.24, 2.45) is 0 Å². The molecule has 138 valence electrons. The number of ether oxygens (including phenoxy) is 2. The van der Waals surface area contributed by atoms with Crippen molar-refractivity contribution in [3.05, 3.63) is 71.8 Å². The molecule has 0 bridgehead atoms. The van der Waals surface area contributed by atoms with Crippen LogP contribution in [0.5, 0.6) is 11.5 Å². The largest absolute Gasteiger partial charge is 0.493 e. The van der Waals surface area contributed by atoms with Crippen LogP contribution in [0.2, 0.25) is 0 Å². The van der Waals surface area contributed by atoms with Crippen molar-refractivity contribution < 1.29 is 14.3 Å². The Morgan fingerprint density at radius 1 is 1.12 bits per heavy atom. The van der Waals surface area contributed by atoms with E-state index in [-0.39, 0.29) is 5.91 Å². The van der Waals surface area contributed by atoms with Crippen LogP contribution in [-0.4, -0.2) is 38.6 Å². The Labute approximate surface area is 155 Å². The number of hydrogen-bond donors (Lipinski definition) is 1. The van der Waals surface area contributed by atoms with Gasteiger partial charge in [-0.25, -0.2) is 0 Å². The van der Waals surface area contributed by atoms with Crippen LogP contribution >= 0.6 is 0 Å². The average molecular weight is 354 g/mol. The summed E-state index contributed by atoms with van der Waals surface area (Å²) in [4.78, 5) is 14.5. The highest BCUT2D eigenvalue weighted by molar-refractivity contribution is 5.94. The zero-order valence-corrected chi connectivity index (χ0v) is 15.6. The monoisotopic (exact) mass is 354 g/mol.